The average molecular weight is 478 g/mol. The van der Waals surface area contributed by atoms with Crippen LogP contribution in [0.5, 0.6) is 0 Å². The van der Waals surface area contributed by atoms with Gasteiger partial charge in [-0.3, -0.25) is 4.79 Å². The van der Waals surface area contributed by atoms with Crippen LogP contribution in [0.3, 0.4) is 0 Å². The maximum Gasteiger partial charge on any atom is 0.473 e. The smallest absolute Gasteiger partial charge is 0.328 e. The molecule has 0 aliphatic rings. The van der Waals surface area contributed by atoms with E-state index in [1.165, 1.54) is 29.1 Å². The number of pyridine rings is 3. The van der Waals surface area contributed by atoms with Crippen molar-refractivity contribution >= 4 is 40.7 Å². The topological polar surface area (TPSA) is 60.1 Å². The fraction of sp³-hybridized carbons (Fsp3) is 0.158. The average Bonchev–Trinajstić information content (AvgIpc) is 2.71. The lowest BCUT2D eigenvalue weighted by molar-refractivity contribution is -0.169. The van der Waals surface area contributed by atoms with E-state index in [1.54, 1.807) is 30.5 Å². The van der Waals surface area contributed by atoms with Gasteiger partial charge in [0.25, 0.3) is 0 Å². The van der Waals surface area contributed by atoms with Gasteiger partial charge in [-0.2, -0.15) is 18.2 Å². The summed E-state index contributed by atoms with van der Waals surface area (Å²) >= 11 is 16.7. The molecule has 3 heterocycles. The fourth-order valence-corrected chi connectivity index (χ4v) is 2.43. The Morgan fingerprint density at radius 2 is 1.57 bits per heavy atom. The Labute approximate surface area is 184 Å². The summed E-state index contributed by atoms with van der Waals surface area (Å²) in [5.41, 5.74) is 1.61. The number of hydrogen-bond donors (Lipinski definition) is 0. The van der Waals surface area contributed by atoms with Gasteiger partial charge in [0.1, 0.15) is 15.8 Å². The zero-order valence-corrected chi connectivity index (χ0v) is 17.4. The third kappa shape index (κ3) is 7.78. The van der Waals surface area contributed by atoms with Crippen molar-refractivity contribution in [1.29, 1.82) is 0 Å². The Morgan fingerprint density at radius 3 is 2.07 bits per heavy atom. The second-order valence-corrected chi connectivity index (χ2v) is 6.76. The molecule has 0 radical (unpaired) electrons. The normalized spacial score (nSPS) is 11.6. The molecule has 3 aromatic rings. The number of amides is 1. The minimum atomic E-state index is -4.99. The molecule has 3 rings (SSSR count). The van der Waals surface area contributed by atoms with E-state index in [4.69, 9.17) is 34.8 Å². The van der Waals surface area contributed by atoms with Gasteiger partial charge in [0.05, 0.1) is 6.54 Å². The van der Waals surface area contributed by atoms with Crippen molar-refractivity contribution in [1.82, 2.24) is 14.5 Å². The molecule has 30 heavy (non-hydrogen) atoms. The molecule has 11 heteroatoms. The molecule has 0 aromatic carbocycles. The van der Waals surface area contributed by atoms with E-state index in [-0.39, 0.29) is 12.0 Å². The summed E-state index contributed by atoms with van der Waals surface area (Å²) in [6.45, 7) is 0.217. The van der Waals surface area contributed by atoms with Gasteiger partial charge in [-0.15, -0.1) is 11.6 Å². The highest BCUT2D eigenvalue weighted by atomic mass is 35.5. The number of nitrogens with zero attached hydrogens (tertiary/aromatic N) is 4. The van der Waals surface area contributed by atoms with Crippen LogP contribution in [0, 0.1) is 0 Å². The van der Waals surface area contributed by atoms with Crippen LogP contribution in [0.25, 0.3) is 0 Å². The highest BCUT2D eigenvalue weighted by molar-refractivity contribution is 6.29. The molecule has 5 nitrogen and oxygen atoms in total. The third-order valence-electron chi connectivity index (χ3n) is 3.46. The molecule has 0 bridgehead atoms. The van der Waals surface area contributed by atoms with Crippen LogP contribution in [0.1, 0.15) is 11.1 Å². The number of rotatable bonds is 3. The van der Waals surface area contributed by atoms with Crippen LogP contribution < -0.4 is 5.49 Å². The fourth-order valence-electron chi connectivity index (χ4n) is 2.05. The minimum absolute atomic E-state index is 0.0882. The number of alkyl halides is 4. The van der Waals surface area contributed by atoms with Gasteiger partial charge in [-0.25, -0.2) is 9.97 Å². The first kappa shape index (κ1) is 23.9. The monoisotopic (exact) mass is 476 g/mol. The second kappa shape index (κ2) is 11.1. The maximum absolute atomic E-state index is 12.3. The number of hydrogen-bond acceptors (Lipinski definition) is 3. The molecule has 0 aliphatic heterocycles. The van der Waals surface area contributed by atoms with E-state index in [2.05, 4.69) is 15.0 Å². The van der Waals surface area contributed by atoms with Crippen molar-refractivity contribution in [2.24, 2.45) is 4.99 Å². The van der Waals surface area contributed by atoms with E-state index < -0.39 is 12.1 Å². The van der Waals surface area contributed by atoms with E-state index in [1.807, 2.05) is 6.07 Å². The molecule has 0 fully saturated rings. The Balaban J connectivity index is 0.000000297. The first-order valence-electron chi connectivity index (χ1n) is 8.27. The van der Waals surface area contributed by atoms with Gasteiger partial charge in [-0.1, -0.05) is 41.4 Å². The van der Waals surface area contributed by atoms with Gasteiger partial charge >= 0.3 is 12.1 Å². The Morgan fingerprint density at radius 1 is 0.967 bits per heavy atom. The lowest BCUT2D eigenvalue weighted by atomic mass is 10.3. The van der Waals surface area contributed by atoms with Crippen LogP contribution in [0.4, 0.5) is 13.2 Å². The van der Waals surface area contributed by atoms with Crippen LogP contribution >= 0.6 is 34.8 Å². The Kier molecular flexibility index (Phi) is 8.83. The largest absolute Gasteiger partial charge is 0.473 e. The van der Waals surface area contributed by atoms with Crippen molar-refractivity contribution in [2.45, 2.75) is 18.6 Å². The standard InChI is InChI=1S/C13H9ClF3N3O.C6H5Cl2N/c14-10-5-4-9(7-18-10)8-20-6-2-1-3-11(20)19-12(21)13(15,16)17;7-3-5-1-2-6(8)9-4-5/h1-7H,8H2;1-2,4H,3H2. The number of halogens is 6. The van der Waals surface area contributed by atoms with Gasteiger partial charge in [0, 0.05) is 24.5 Å². The summed E-state index contributed by atoms with van der Waals surface area (Å²) in [5, 5.41) is 0.817. The molecule has 0 saturated heterocycles. The van der Waals surface area contributed by atoms with E-state index in [0.29, 0.717) is 21.7 Å². The van der Waals surface area contributed by atoms with Crippen LogP contribution in [0.2, 0.25) is 10.3 Å². The van der Waals surface area contributed by atoms with Crippen molar-refractivity contribution in [2.75, 3.05) is 0 Å². The van der Waals surface area contributed by atoms with Crippen LogP contribution in [-0.4, -0.2) is 26.6 Å². The lowest BCUT2D eigenvalue weighted by Gasteiger charge is -2.07. The summed E-state index contributed by atoms with van der Waals surface area (Å²) < 4.78 is 38.2. The minimum Gasteiger partial charge on any atom is -0.328 e. The van der Waals surface area contributed by atoms with Crippen molar-refractivity contribution < 1.29 is 18.0 Å². The summed E-state index contributed by atoms with van der Waals surface area (Å²) in [6, 6.07) is 11.3. The summed E-state index contributed by atoms with van der Waals surface area (Å²) in [5.74, 6) is -1.65. The molecule has 0 unspecified atom stereocenters. The molecule has 0 aliphatic carbocycles. The zero-order chi connectivity index (χ0) is 22.1. The second-order valence-electron chi connectivity index (χ2n) is 5.71. The highest BCUT2D eigenvalue weighted by Crippen LogP contribution is 2.15. The number of carbonyl (C=O) groups is 1. The number of carbonyl (C=O) groups excluding carboxylic acids is 1. The maximum atomic E-state index is 12.3. The zero-order valence-electron chi connectivity index (χ0n) is 15.2. The van der Waals surface area contributed by atoms with E-state index in [0.717, 1.165) is 5.56 Å². The molecule has 0 spiro atoms. The van der Waals surface area contributed by atoms with Crippen molar-refractivity contribution in [3.05, 3.63) is 88.0 Å². The first-order chi connectivity index (χ1) is 14.2. The van der Waals surface area contributed by atoms with Gasteiger partial charge < -0.3 is 4.57 Å². The molecule has 158 valence electrons. The van der Waals surface area contributed by atoms with E-state index in [9.17, 15) is 18.0 Å². The van der Waals surface area contributed by atoms with Gasteiger partial charge in [0.2, 0.25) is 0 Å². The molecule has 0 atom stereocenters. The number of aromatic nitrogens is 3. The van der Waals surface area contributed by atoms with Gasteiger partial charge in [0.15, 0.2) is 0 Å². The molecule has 0 saturated carbocycles. The quantitative estimate of drug-likeness (QED) is 0.392. The summed E-state index contributed by atoms with van der Waals surface area (Å²) in [6.07, 6.45) is -0.306. The van der Waals surface area contributed by atoms with Crippen LogP contribution in [0.15, 0.2) is 66.0 Å². The predicted octanol–water partition coefficient (Wildman–Crippen LogP) is 5.05. The van der Waals surface area contributed by atoms with Crippen molar-refractivity contribution in [3.63, 3.8) is 0 Å². The summed E-state index contributed by atoms with van der Waals surface area (Å²) in [7, 11) is 0. The SMILES string of the molecule is ClCc1ccc(Cl)nc1.O=C(N=c1ccccn1Cc1ccc(Cl)nc1)C(F)(F)F. The first-order valence-corrected chi connectivity index (χ1v) is 9.56. The van der Waals surface area contributed by atoms with Gasteiger partial charge in [-0.05, 0) is 35.4 Å². The Hall–Kier alpha value is -2.42. The van der Waals surface area contributed by atoms with Crippen molar-refractivity contribution in [3.8, 4) is 0 Å². The molecular formula is C19H14Cl3F3N4O. The molecule has 1 amide bonds. The van der Waals surface area contributed by atoms with Crippen LogP contribution in [-0.2, 0) is 17.2 Å². The lowest BCUT2D eigenvalue weighted by Crippen LogP contribution is -2.27. The Bertz CT molecular complexity index is 1040. The van der Waals surface area contributed by atoms with E-state index >= 15 is 0 Å². The summed E-state index contributed by atoms with van der Waals surface area (Å²) in [4.78, 5) is 21.8. The molecular weight excluding hydrogens is 464 g/mol. The molecule has 0 N–H and O–H groups in total. The highest BCUT2D eigenvalue weighted by Gasteiger charge is 2.38. The molecule has 3 aromatic heterocycles. The predicted molar refractivity (Wildman–Crippen MR) is 108 cm³/mol. The third-order valence-corrected chi connectivity index (χ3v) is 4.22.